The summed E-state index contributed by atoms with van der Waals surface area (Å²) in [6.07, 6.45) is 4.04. The molecule has 132 valence electrons. The van der Waals surface area contributed by atoms with Crippen LogP contribution in [-0.2, 0) is 0 Å². The summed E-state index contributed by atoms with van der Waals surface area (Å²) in [5.41, 5.74) is 2.24. The van der Waals surface area contributed by atoms with Gasteiger partial charge in [0.2, 0.25) is 0 Å². The van der Waals surface area contributed by atoms with Crippen molar-refractivity contribution in [1.82, 2.24) is 4.90 Å². The van der Waals surface area contributed by atoms with Crippen LogP contribution in [0.4, 0.5) is 11.4 Å². The quantitative estimate of drug-likeness (QED) is 0.837. The highest BCUT2D eigenvalue weighted by Crippen LogP contribution is 2.34. The molecule has 2 aliphatic heterocycles. The molecule has 0 unspecified atom stereocenters. The molecule has 1 aromatic heterocycles. The molecule has 2 aromatic rings. The highest BCUT2D eigenvalue weighted by atomic mass is 32.1. The first-order chi connectivity index (χ1) is 12.3. The largest absolute Gasteiger partial charge is 0.367 e. The van der Waals surface area contributed by atoms with Crippen molar-refractivity contribution < 1.29 is 4.79 Å². The van der Waals surface area contributed by atoms with Crippen LogP contribution in [0.3, 0.4) is 0 Å². The number of fused-ring (bicyclic) bond motifs is 1. The molecule has 4 nitrogen and oxygen atoms in total. The number of rotatable bonds is 4. The Morgan fingerprint density at radius 3 is 2.44 bits per heavy atom. The Morgan fingerprint density at radius 1 is 0.880 bits per heavy atom. The zero-order chi connectivity index (χ0) is 17.1. The molecule has 2 aliphatic rings. The molecule has 5 heteroatoms. The van der Waals surface area contributed by atoms with Crippen molar-refractivity contribution in [3.05, 3.63) is 46.7 Å². The van der Waals surface area contributed by atoms with Crippen LogP contribution in [0.1, 0.15) is 28.9 Å². The van der Waals surface area contributed by atoms with Gasteiger partial charge in [0, 0.05) is 26.2 Å². The Hall–Kier alpha value is -1.85. The van der Waals surface area contributed by atoms with Crippen molar-refractivity contribution in [3.8, 4) is 0 Å². The molecule has 3 heterocycles. The number of anilines is 2. The Bertz CT molecular complexity index is 709. The summed E-state index contributed by atoms with van der Waals surface area (Å²) in [5.74, 6) is 0.123. The Labute approximate surface area is 153 Å². The molecule has 25 heavy (non-hydrogen) atoms. The van der Waals surface area contributed by atoms with Gasteiger partial charge in [-0.2, -0.15) is 0 Å². The zero-order valence-corrected chi connectivity index (χ0v) is 15.4. The van der Waals surface area contributed by atoms with Crippen molar-refractivity contribution in [3.63, 3.8) is 0 Å². The van der Waals surface area contributed by atoms with E-state index < -0.39 is 0 Å². The van der Waals surface area contributed by atoms with E-state index in [-0.39, 0.29) is 5.91 Å². The van der Waals surface area contributed by atoms with Gasteiger partial charge in [0.1, 0.15) is 0 Å². The summed E-state index contributed by atoms with van der Waals surface area (Å²) in [6.45, 7) is 6.29. The van der Waals surface area contributed by atoms with E-state index in [0.717, 1.165) is 36.7 Å². The van der Waals surface area contributed by atoms with Crippen LogP contribution in [-0.4, -0.2) is 50.1 Å². The number of benzene rings is 1. The van der Waals surface area contributed by atoms with Gasteiger partial charge < -0.3 is 14.7 Å². The molecule has 0 aliphatic carbocycles. The second-order valence-electron chi connectivity index (χ2n) is 6.81. The van der Waals surface area contributed by atoms with E-state index >= 15 is 0 Å². The van der Waals surface area contributed by atoms with Crippen molar-refractivity contribution >= 4 is 28.6 Å². The van der Waals surface area contributed by atoms with E-state index in [1.807, 2.05) is 28.5 Å². The predicted octanol–water partition coefficient (Wildman–Crippen LogP) is 3.70. The number of amides is 1. The van der Waals surface area contributed by atoms with Gasteiger partial charge >= 0.3 is 0 Å². The minimum absolute atomic E-state index is 0.123. The lowest BCUT2D eigenvalue weighted by Gasteiger charge is -2.39. The molecule has 1 aromatic carbocycles. The number of piperidine rings is 1. The second kappa shape index (κ2) is 7.58. The predicted molar refractivity (Wildman–Crippen MR) is 105 cm³/mol. The van der Waals surface area contributed by atoms with E-state index in [4.69, 9.17) is 0 Å². The van der Waals surface area contributed by atoms with Gasteiger partial charge in [-0.15, -0.1) is 11.3 Å². The Kier molecular flexibility index (Phi) is 5.04. The maximum Gasteiger partial charge on any atom is 0.268 e. The minimum Gasteiger partial charge on any atom is -0.367 e. The molecule has 1 saturated heterocycles. The summed E-state index contributed by atoms with van der Waals surface area (Å²) in [7, 11) is 0. The van der Waals surface area contributed by atoms with Crippen LogP contribution < -0.4 is 9.80 Å². The first-order valence-corrected chi connectivity index (χ1v) is 10.1. The molecule has 0 spiro atoms. The third-order valence-corrected chi connectivity index (χ3v) is 6.08. The highest BCUT2D eigenvalue weighted by Gasteiger charge is 2.27. The maximum atomic E-state index is 12.8. The smallest absolute Gasteiger partial charge is 0.268 e. The van der Waals surface area contributed by atoms with Crippen LogP contribution in [0.25, 0.3) is 0 Å². The van der Waals surface area contributed by atoms with E-state index in [0.29, 0.717) is 0 Å². The third-order valence-electron chi connectivity index (χ3n) is 5.22. The van der Waals surface area contributed by atoms with E-state index in [1.54, 1.807) is 0 Å². The molecule has 0 N–H and O–H groups in total. The topological polar surface area (TPSA) is 26.8 Å². The fourth-order valence-corrected chi connectivity index (χ4v) is 4.51. The fraction of sp³-hybridized carbons (Fsp3) is 0.450. The van der Waals surface area contributed by atoms with Gasteiger partial charge in [-0.05, 0) is 49.5 Å². The molecule has 0 atom stereocenters. The normalized spacial score (nSPS) is 18.2. The summed E-state index contributed by atoms with van der Waals surface area (Å²) < 4.78 is 0. The fourth-order valence-electron chi connectivity index (χ4n) is 3.84. The summed E-state index contributed by atoms with van der Waals surface area (Å²) in [6, 6.07) is 12.2. The Balaban J connectivity index is 1.49. The Morgan fingerprint density at radius 2 is 1.68 bits per heavy atom. The van der Waals surface area contributed by atoms with Crippen LogP contribution in [0.2, 0.25) is 0 Å². The van der Waals surface area contributed by atoms with Crippen LogP contribution in [0.5, 0.6) is 0 Å². The van der Waals surface area contributed by atoms with Gasteiger partial charge in [0.25, 0.3) is 5.91 Å². The number of likely N-dealkylation sites (tertiary alicyclic amines) is 1. The maximum absolute atomic E-state index is 12.8. The van der Waals surface area contributed by atoms with Crippen molar-refractivity contribution in [2.75, 3.05) is 49.1 Å². The van der Waals surface area contributed by atoms with Crippen LogP contribution in [0, 0.1) is 0 Å². The number of nitrogens with zero attached hydrogens (tertiary/aromatic N) is 3. The van der Waals surface area contributed by atoms with E-state index in [1.165, 1.54) is 49.4 Å². The molecule has 0 radical (unpaired) electrons. The first-order valence-electron chi connectivity index (χ1n) is 9.24. The molecule has 0 bridgehead atoms. The standard InChI is InChI=1S/C20H25N3OS/c24-20(19-9-6-16-25-19)23-15-14-22(17-7-2-3-8-18(17)23)13-12-21-10-4-1-5-11-21/h2-3,6-9,16H,1,4-5,10-15H2. The molecule has 4 rings (SSSR count). The lowest BCUT2D eigenvalue weighted by Crippen LogP contribution is -2.46. The molecular weight excluding hydrogens is 330 g/mol. The average molecular weight is 356 g/mol. The summed E-state index contributed by atoms with van der Waals surface area (Å²) in [5, 5.41) is 1.97. The molecule has 1 fully saturated rings. The monoisotopic (exact) mass is 355 g/mol. The number of carbonyl (C=O) groups is 1. The lowest BCUT2D eigenvalue weighted by atomic mass is 10.1. The molecular formula is C20H25N3OS. The van der Waals surface area contributed by atoms with Gasteiger partial charge in [0.05, 0.1) is 16.3 Å². The third kappa shape index (κ3) is 3.58. The van der Waals surface area contributed by atoms with Crippen molar-refractivity contribution in [2.45, 2.75) is 19.3 Å². The van der Waals surface area contributed by atoms with Crippen molar-refractivity contribution in [1.29, 1.82) is 0 Å². The number of hydrogen-bond acceptors (Lipinski definition) is 4. The lowest BCUT2D eigenvalue weighted by molar-refractivity contribution is 0.0990. The average Bonchev–Trinajstić information content (AvgIpc) is 3.21. The first kappa shape index (κ1) is 16.6. The van der Waals surface area contributed by atoms with Crippen LogP contribution >= 0.6 is 11.3 Å². The molecule has 1 amide bonds. The number of carbonyl (C=O) groups excluding carboxylic acids is 1. The zero-order valence-electron chi connectivity index (χ0n) is 14.6. The summed E-state index contributed by atoms with van der Waals surface area (Å²) in [4.78, 5) is 20.6. The van der Waals surface area contributed by atoms with Gasteiger partial charge in [0.15, 0.2) is 0 Å². The van der Waals surface area contributed by atoms with Gasteiger partial charge in [-0.25, -0.2) is 0 Å². The highest BCUT2D eigenvalue weighted by molar-refractivity contribution is 7.12. The number of thiophene rings is 1. The van der Waals surface area contributed by atoms with E-state index in [2.05, 4.69) is 28.0 Å². The SMILES string of the molecule is O=C(c1cccs1)N1CCN(CCN2CCCCC2)c2ccccc21. The number of hydrogen-bond donors (Lipinski definition) is 0. The van der Waals surface area contributed by atoms with Crippen molar-refractivity contribution in [2.24, 2.45) is 0 Å². The summed E-state index contributed by atoms with van der Waals surface area (Å²) >= 11 is 1.52. The van der Waals surface area contributed by atoms with Crippen LogP contribution in [0.15, 0.2) is 41.8 Å². The minimum atomic E-state index is 0.123. The number of para-hydroxylation sites is 2. The second-order valence-corrected chi connectivity index (χ2v) is 7.76. The van der Waals surface area contributed by atoms with Gasteiger partial charge in [-0.1, -0.05) is 24.6 Å². The molecule has 0 saturated carbocycles. The van der Waals surface area contributed by atoms with Gasteiger partial charge in [-0.3, -0.25) is 4.79 Å². The van der Waals surface area contributed by atoms with E-state index in [9.17, 15) is 4.79 Å².